The molecule has 4 aromatic rings. The summed E-state index contributed by atoms with van der Waals surface area (Å²) >= 11 is 12.5. The van der Waals surface area contributed by atoms with Crippen molar-refractivity contribution in [2.75, 3.05) is 24.9 Å². The highest BCUT2D eigenvalue weighted by molar-refractivity contribution is 6.36. The van der Waals surface area contributed by atoms with E-state index in [1.807, 2.05) is 13.0 Å². The van der Waals surface area contributed by atoms with Gasteiger partial charge in [-0.05, 0) is 49.4 Å². The van der Waals surface area contributed by atoms with Crippen molar-refractivity contribution in [2.45, 2.75) is 13.0 Å². The Labute approximate surface area is 223 Å². The van der Waals surface area contributed by atoms with E-state index in [1.54, 1.807) is 73.8 Å². The lowest BCUT2D eigenvalue weighted by Gasteiger charge is -2.29. The zero-order valence-corrected chi connectivity index (χ0v) is 21.6. The number of methoxy groups -OCH3 is 2. The molecule has 0 fully saturated rings. The third-order valence-corrected chi connectivity index (χ3v) is 6.47. The van der Waals surface area contributed by atoms with Crippen LogP contribution in [0, 0.1) is 0 Å². The van der Waals surface area contributed by atoms with E-state index in [2.05, 4.69) is 20.6 Å². The second kappa shape index (κ2) is 10.1. The number of carbonyl (C=O) groups excluding carboxylic acids is 1. The Kier molecular flexibility index (Phi) is 6.73. The highest BCUT2D eigenvalue weighted by Crippen LogP contribution is 2.42. The summed E-state index contributed by atoms with van der Waals surface area (Å²) in [5.74, 6) is 1.64. The van der Waals surface area contributed by atoms with E-state index < -0.39 is 6.04 Å². The molecule has 1 aliphatic rings. The first kappa shape index (κ1) is 24.6. The molecule has 0 aliphatic carbocycles. The molecule has 1 unspecified atom stereocenters. The number of anilines is 2. The molecule has 37 heavy (non-hydrogen) atoms. The minimum Gasteiger partial charge on any atom is -0.497 e. The summed E-state index contributed by atoms with van der Waals surface area (Å²) in [7, 11) is 3.14. The van der Waals surface area contributed by atoms with Crippen molar-refractivity contribution in [3.8, 4) is 22.9 Å². The molecular formula is C26H22Cl2N6O3. The lowest BCUT2D eigenvalue weighted by molar-refractivity contribution is -0.113. The lowest BCUT2D eigenvalue weighted by atomic mass is 9.94. The number of halogens is 2. The van der Waals surface area contributed by atoms with Crippen molar-refractivity contribution in [1.82, 2.24) is 19.7 Å². The van der Waals surface area contributed by atoms with E-state index >= 15 is 0 Å². The van der Waals surface area contributed by atoms with Crippen molar-refractivity contribution in [3.05, 3.63) is 87.8 Å². The van der Waals surface area contributed by atoms with Crippen LogP contribution >= 0.6 is 23.2 Å². The minimum absolute atomic E-state index is 0.326. The molecule has 0 saturated carbocycles. The molecule has 1 aliphatic heterocycles. The number of amides is 1. The molecule has 188 valence electrons. The summed E-state index contributed by atoms with van der Waals surface area (Å²) in [4.78, 5) is 22.4. The highest BCUT2D eigenvalue weighted by atomic mass is 35.5. The second-order valence-electron chi connectivity index (χ2n) is 8.20. The van der Waals surface area contributed by atoms with Crippen LogP contribution in [0.3, 0.4) is 0 Å². The monoisotopic (exact) mass is 536 g/mol. The van der Waals surface area contributed by atoms with Crippen molar-refractivity contribution in [2.24, 2.45) is 0 Å². The first-order valence-corrected chi connectivity index (χ1v) is 12.0. The maximum Gasteiger partial charge on any atom is 0.255 e. The van der Waals surface area contributed by atoms with E-state index in [4.69, 9.17) is 37.8 Å². The van der Waals surface area contributed by atoms with Gasteiger partial charge in [0.15, 0.2) is 5.82 Å². The summed E-state index contributed by atoms with van der Waals surface area (Å²) in [6.07, 6.45) is 3.22. The summed E-state index contributed by atoms with van der Waals surface area (Å²) in [5.41, 5.74) is 2.90. The second-order valence-corrected chi connectivity index (χ2v) is 9.04. The van der Waals surface area contributed by atoms with Crippen LogP contribution in [-0.4, -0.2) is 39.9 Å². The van der Waals surface area contributed by atoms with Gasteiger partial charge in [-0.15, -0.1) is 5.10 Å². The van der Waals surface area contributed by atoms with Crippen LogP contribution in [0.15, 0.2) is 72.2 Å². The third kappa shape index (κ3) is 4.71. The molecule has 1 amide bonds. The van der Waals surface area contributed by atoms with Crippen molar-refractivity contribution in [3.63, 3.8) is 0 Å². The van der Waals surface area contributed by atoms with E-state index in [0.29, 0.717) is 61.4 Å². The Balaban J connectivity index is 1.66. The van der Waals surface area contributed by atoms with Crippen LogP contribution in [0.4, 0.5) is 11.6 Å². The van der Waals surface area contributed by atoms with Gasteiger partial charge in [-0.3, -0.25) is 9.78 Å². The number of fused-ring (bicyclic) bond motifs is 1. The quantitative estimate of drug-likeness (QED) is 0.331. The number of aromatic nitrogens is 4. The molecule has 9 nitrogen and oxygen atoms in total. The molecule has 1 atom stereocenters. The van der Waals surface area contributed by atoms with Gasteiger partial charge < -0.3 is 20.1 Å². The summed E-state index contributed by atoms with van der Waals surface area (Å²) in [5, 5.41) is 11.8. The van der Waals surface area contributed by atoms with Crippen LogP contribution in [0.1, 0.15) is 18.5 Å². The first-order valence-electron chi connectivity index (χ1n) is 11.2. The number of hydrogen-bond donors (Lipinski definition) is 2. The first-order chi connectivity index (χ1) is 17.9. The van der Waals surface area contributed by atoms with E-state index in [9.17, 15) is 4.79 Å². The number of pyridine rings is 1. The van der Waals surface area contributed by atoms with Crippen LogP contribution in [0.25, 0.3) is 11.4 Å². The van der Waals surface area contributed by atoms with Gasteiger partial charge in [0.25, 0.3) is 5.91 Å². The Bertz CT molecular complexity index is 1520. The largest absolute Gasteiger partial charge is 0.497 e. The van der Waals surface area contributed by atoms with Gasteiger partial charge in [0, 0.05) is 34.1 Å². The molecule has 2 aromatic heterocycles. The highest BCUT2D eigenvalue weighted by Gasteiger charge is 2.36. The number of benzene rings is 2. The van der Waals surface area contributed by atoms with Gasteiger partial charge in [0.1, 0.15) is 17.5 Å². The number of rotatable bonds is 6. The Hall–Kier alpha value is -4.08. The van der Waals surface area contributed by atoms with Gasteiger partial charge in [-0.2, -0.15) is 4.98 Å². The zero-order chi connectivity index (χ0) is 26.1. The summed E-state index contributed by atoms with van der Waals surface area (Å²) in [6.45, 7) is 1.81. The molecule has 0 spiro atoms. The fourth-order valence-corrected chi connectivity index (χ4v) is 4.69. The maximum absolute atomic E-state index is 13.7. The number of carbonyl (C=O) groups is 1. The molecule has 0 saturated heterocycles. The fourth-order valence-electron chi connectivity index (χ4n) is 4.20. The standard InChI is InChI=1S/C26H22Cl2N6O3/c1-14-22(25(35)31-16-5-4-10-29-13-16)23(19-9-7-17(36-2)12-21(19)37-3)34-26(30-14)32-24(33-34)18-8-6-15(27)11-20(18)28/h4-13,23H,1-3H3,(H,31,35)(H,30,32,33). The normalized spacial score (nSPS) is 14.6. The van der Waals surface area contributed by atoms with Gasteiger partial charge in [0.05, 0.1) is 36.7 Å². The van der Waals surface area contributed by atoms with Gasteiger partial charge >= 0.3 is 0 Å². The van der Waals surface area contributed by atoms with E-state index in [0.717, 1.165) is 0 Å². The smallest absolute Gasteiger partial charge is 0.255 e. The molecule has 0 radical (unpaired) electrons. The third-order valence-electron chi connectivity index (χ3n) is 5.92. The van der Waals surface area contributed by atoms with Gasteiger partial charge in [-0.1, -0.05) is 23.2 Å². The number of ether oxygens (including phenoxy) is 2. The van der Waals surface area contributed by atoms with Crippen LogP contribution in [-0.2, 0) is 4.79 Å². The van der Waals surface area contributed by atoms with Crippen LogP contribution in [0.2, 0.25) is 10.0 Å². The van der Waals surface area contributed by atoms with Crippen LogP contribution in [0.5, 0.6) is 11.5 Å². The number of nitrogens with one attached hydrogen (secondary N) is 2. The topological polar surface area (TPSA) is 103 Å². The Morgan fingerprint density at radius 1 is 1.11 bits per heavy atom. The minimum atomic E-state index is -0.680. The number of nitrogens with zero attached hydrogens (tertiary/aromatic N) is 4. The Morgan fingerprint density at radius 3 is 2.65 bits per heavy atom. The summed E-state index contributed by atoms with van der Waals surface area (Å²) in [6, 6.07) is 13.4. The average molecular weight is 537 g/mol. The molecule has 11 heteroatoms. The van der Waals surface area contributed by atoms with Crippen molar-refractivity contribution >= 4 is 40.7 Å². The average Bonchev–Trinajstić information content (AvgIpc) is 3.31. The molecule has 0 bridgehead atoms. The molecule has 3 heterocycles. The molecule has 2 aromatic carbocycles. The fraction of sp³-hybridized carbons (Fsp3) is 0.154. The molecular weight excluding hydrogens is 515 g/mol. The number of allylic oxidation sites excluding steroid dienone is 1. The van der Waals surface area contributed by atoms with Gasteiger partial charge in [0.2, 0.25) is 5.95 Å². The van der Waals surface area contributed by atoms with Crippen molar-refractivity contribution < 1.29 is 14.3 Å². The van der Waals surface area contributed by atoms with Gasteiger partial charge in [-0.25, -0.2) is 4.68 Å². The summed E-state index contributed by atoms with van der Waals surface area (Å²) < 4.78 is 12.7. The zero-order valence-electron chi connectivity index (χ0n) is 20.1. The van der Waals surface area contributed by atoms with E-state index in [1.165, 1.54) is 0 Å². The predicted octanol–water partition coefficient (Wildman–Crippen LogP) is 5.59. The van der Waals surface area contributed by atoms with Crippen molar-refractivity contribution in [1.29, 1.82) is 0 Å². The van der Waals surface area contributed by atoms with E-state index in [-0.39, 0.29) is 5.91 Å². The maximum atomic E-state index is 13.7. The van der Waals surface area contributed by atoms with Crippen LogP contribution < -0.4 is 20.1 Å². The lowest BCUT2D eigenvalue weighted by Crippen LogP contribution is -2.31. The number of hydrogen-bond acceptors (Lipinski definition) is 7. The molecule has 5 rings (SSSR count). The molecule has 2 N–H and O–H groups in total. The predicted molar refractivity (Wildman–Crippen MR) is 142 cm³/mol. The SMILES string of the molecule is COc1ccc(C2C(C(=O)Nc3cccnc3)=C(C)Nc3nc(-c4ccc(Cl)cc4Cl)nn32)c(OC)c1. The Morgan fingerprint density at radius 2 is 1.95 bits per heavy atom.